The lowest BCUT2D eigenvalue weighted by Gasteiger charge is -2.36. The van der Waals surface area contributed by atoms with Gasteiger partial charge in [-0.2, -0.15) is 0 Å². The van der Waals surface area contributed by atoms with Gasteiger partial charge >= 0.3 is 0 Å². The summed E-state index contributed by atoms with van der Waals surface area (Å²) < 4.78 is 30.4. The molecule has 2 aliphatic heterocycles. The molecule has 1 aromatic rings. The van der Waals surface area contributed by atoms with Crippen LogP contribution in [-0.2, 0) is 23.0 Å². The van der Waals surface area contributed by atoms with E-state index >= 15 is 0 Å². The highest BCUT2D eigenvalue weighted by Crippen LogP contribution is 2.26. The Hall–Kier alpha value is -1.11. The number of piperidine rings is 1. The van der Waals surface area contributed by atoms with Crippen LogP contribution >= 0.6 is 0 Å². The number of hydrogen-bond acceptors (Lipinski definition) is 4. The van der Waals surface area contributed by atoms with Crippen molar-refractivity contribution < 1.29 is 13.2 Å². The number of ether oxygens (including phenoxy) is 1. The van der Waals surface area contributed by atoms with E-state index in [1.165, 1.54) is 17.4 Å². The normalized spacial score (nSPS) is 25.7. The molecular formula is C16H24N2O3S. The van der Waals surface area contributed by atoms with Crippen molar-refractivity contribution in [3.05, 3.63) is 29.3 Å². The van der Waals surface area contributed by atoms with Crippen molar-refractivity contribution in [2.45, 2.75) is 32.4 Å². The zero-order valence-electron chi connectivity index (χ0n) is 13.2. The van der Waals surface area contributed by atoms with E-state index in [0.29, 0.717) is 25.0 Å². The lowest BCUT2D eigenvalue weighted by atomic mass is 9.95. The third-order valence-electron chi connectivity index (χ3n) is 4.66. The Labute approximate surface area is 132 Å². The Morgan fingerprint density at radius 3 is 2.95 bits per heavy atom. The molecule has 1 fully saturated rings. The summed E-state index contributed by atoms with van der Waals surface area (Å²) in [6.45, 7) is 4.94. The highest BCUT2D eigenvalue weighted by molar-refractivity contribution is 7.88. The standard InChI is InChI=1S/C16H24N2O3S/c1-12-11-18(22(2,19)20)7-5-15(12)17-10-13-3-4-16-14(9-13)6-8-21-16/h3-4,9,12,15,17H,5-8,10-11H2,1-2H3/t12-,15+/m1/s1. The largest absolute Gasteiger partial charge is 0.493 e. The molecule has 122 valence electrons. The monoisotopic (exact) mass is 324 g/mol. The van der Waals surface area contributed by atoms with Crippen molar-refractivity contribution in [1.82, 2.24) is 9.62 Å². The Morgan fingerprint density at radius 1 is 1.41 bits per heavy atom. The van der Waals surface area contributed by atoms with Crippen LogP contribution in [-0.4, -0.2) is 44.7 Å². The number of hydrogen-bond donors (Lipinski definition) is 1. The third-order valence-corrected chi connectivity index (χ3v) is 5.93. The number of nitrogens with one attached hydrogen (secondary N) is 1. The second-order valence-corrected chi connectivity index (χ2v) is 8.40. The second kappa shape index (κ2) is 6.18. The van der Waals surface area contributed by atoms with E-state index in [-0.39, 0.29) is 0 Å². The van der Waals surface area contributed by atoms with Gasteiger partial charge in [0.15, 0.2) is 0 Å². The van der Waals surface area contributed by atoms with E-state index in [1.807, 2.05) is 0 Å². The molecule has 3 rings (SSSR count). The summed E-state index contributed by atoms with van der Waals surface area (Å²) in [5.41, 5.74) is 2.56. The SMILES string of the molecule is C[C@@H]1CN(S(C)(=O)=O)CC[C@@H]1NCc1ccc2c(c1)CCO2. The van der Waals surface area contributed by atoms with Crippen LogP contribution in [0.25, 0.3) is 0 Å². The summed E-state index contributed by atoms with van der Waals surface area (Å²) in [5, 5.41) is 3.59. The highest BCUT2D eigenvalue weighted by atomic mass is 32.2. The topological polar surface area (TPSA) is 58.6 Å². The first-order valence-electron chi connectivity index (χ1n) is 7.86. The minimum Gasteiger partial charge on any atom is -0.493 e. The average molecular weight is 324 g/mol. The van der Waals surface area contributed by atoms with Crippen molar-refractivity contribution in [2.75, 3.05) is 26.0 Å². The average Bonchev–Trinajstić information content (AvgIpc) is 2.92. The molecule has 0 radical (unpaired) electrons. The van der Waals surface area contributed by atoms with Crippen LogP contribution < -0.4 is 10.1 Å². The van der Waals surface area contributed by atoms with E-state index in [2.05, 4.69) is 30.4 Å². The van der Waals surface area contributed by atoms with Crippen LogP contribution in [0.15, 0.2) is 18.2 Å². The fraction of sp³-hybridized carbons (Fsp3) is 0.625. The number of benzene rings is 1. The molecule has 1 aromatic carbocycles. The number of fused-ring (bicyclic) bond motifs is 1. The second-order valence-electron chi connectivity index (χ2n) is 6.41. The van der Waals surface area contributed by atoms with Gasteiger partial charge in [0.25, 0.3) is 0 Å². The molecule has 5 nitrogen and oxygen atoms in total. The van der Waals surface area contributed by atoms with Crippen LogP contribution in [0.2, 0.25) is 0 Å². The molecule has 2 aliphatic rings. The highest BCUT2D eigenvalue weighted by Gasteiger charge is 2.30. The van der Waals surface area contributed by atoms with Gasteiger partial charge in [-0.05, 0) is 29.5 Å². The maximum atomic E-state index is 11.6. The maximum Gasteiger partial charge on any atom is 0.211 e. The number of nitrogens with zero attached hydrogens (tertiary/aromatic N) is 1. The van der Waals surface area contributed by atoms with E-state index in [9.17, 15) is 8.42 Å². The van der Waals surface area contributed by atoms with Gasteiger partial charge in [-0.3, -0.25) is 0 Å². The predicted molar refractivity (Wildman–Crippen MR) is 86.5 cm³/mol. The molecule has 0 aromatic heterocycles. The van der Waals surface area contributed by atoms with E-state index in [0.717, 1.165) is 31.7 Å². The zero-order valence-corrected chi connectivity index (χ0v) is 14.0. The van der Waals surface area contributed by atoms with Crippen molar-refractivity contribution >= 4 is 10.0 Å². The van der Waals surface area contributed by atoms with Crippen molar-refractivity contribution in [3.63, 3.8) is 0 Å². The molecule has 0 amide bonds. The van der Waals surface area contributed by atoms with Gasteiger partial charge in [0.1, 0.15) is 5.75 Å². The van der Waals surface area contributed by atoms with Crippen LogP contribution in [0.3, 0.4) is 0 Å². The molecule has 0 aliphatic carbocycles. The lowest BCUT2D eigenvalue weighted by molar-refractivity contribution is 0.220. The molecule has 1 N–H and O–H groups in total. The smallest absolute Gasteiger partial charge is 0.211 e. The summed E-state index contributed by atoms with van der Waals surface area (Å²) in [7, 11) is -3.06. The fourth-order valence-electron chi connectivity index (χ4n) is 3.31. The first kappa shape index (κ1) is 15.8. The van der Waals surface area contributed by atoms with Crippen LogP contribution in [0.1, 0.15) is 24.5 Å². The van der Waals surface area contributed by atoms with Crippen LogP contribution in [0, 0.1) is 5.92 Å². The van der Waals surface area contributed by atoms with Crippen molar-refractivity contribution in [3.8, 4) is 5.75 Å². The Morgan fingerprint density at radius 2 is 2.23 bits per heavy atom. The van der Waals surface area contributed by atoms with Crippen LogP contribution in [0.5, 0.6) is 5.75 Å². The van der Waals surface area contributed by atoms with Gasteiger partial charge < -0.3 is 10.1 Å². The molecule has 22 heavy (non-hydrogen) atoms. The molecule has 6 heteroatoms. The van der Waals surface area contributed by atoms with Crippen molar-refractivity contribution in [1.29, 1.82) is 0 Å². The minimum atomic E-state index is -3.06. The summed E-state index contributed by atoms with van der Waals surface area (Å²) in [6, 6.07) is 6.73. The minimum absolute atomic E-state index is 0.321. The summed E-state index contributed by atoms with van der Waals surface area (Å²) in [6.07, 6.45) is 3.15. The van der Waals surface area contributed by atoms with Gasteiger partial charge in [0, 0.05) is 32.1 Å². The van der Waals surface area contributed by atoms with Gasteiger partial charge in [0.2, 0.25) is 10.0 Å². The maximum absolute atomic E-state index is 11.6. The molecule has 2 atom stereocenters. The van der Waals surface area contributed by atoms with Gasteiger partial charge in [-0.15, -0.1) is 0 Å². The van der Waals surface area contributed by atoms with Crippen molar-refractivity contribution in [2.24, 2.45) is 5.92 Å². The fourth-order valence-corrected chi connectivity index (χ4v) is 4.25. The first-order valence-corrected chi connectivity index (χ1v) is 9.71. The lowest BCUT2D eigenvalue weighted by Crippen LogP contribution is -2.49. The summed E-state index contributed by atoms with van der Waals surface area (Å²) in [5.74, 6) is 1.33. The number of rotatable bonds is 4. The van der Waals surface area contributed by atoms with Gasteiger partial charge in [0.05, 0.1) is 12.9 Å². The summed E-state index contributed by atoms with van der Waals surface area (Å²) >= 11 is 0. The van der Waals surface area contributed by atoms with Gasteiger partial charge in [-0.25, -0.2) is 12.7 Å². The third kappa shape index (κ3) is 3.45. The van der Waals surface area contributed by atoms with Gasteiger partial charge in [-0.1, -0.05) is 19.1 Å². The predicted octanol–water partition coefficient (Wildman–Crippen LogP) is 1.38. The first-order chi connectivity index (χ1) is 10.4. The summed E-state index contributed by atoms with van der Waals surface area (Å²) in [4.78, 5) is 0. The Kier molecular flexibility index (Phi) is 4.43. The van der Waals surface area contributed by atoms with E-state index in [4.69, 9.17) is 4.74 Å². The molecule has 0 bridgehead atoms. The molecule has 0 saturated carbocycles. The molecule has 0 unspecified atom stereocenters. The molecule has 0 spiro atoms. The number of sulfonamides is 1. The van der Waals surface area contributed by atoms with E-state index in [1.54, 1.807) is 4.31 Å². The Bertz CT molecular complexity index is 645. The Balaban J connectivity index is 1.56. The molecular weight excluding hydrogens is 300 g/mol. The van der Waals surface area contributed by atoms with Crippen LogP contribution in [0.4, 0.5) is 0 Å². The quantitative estimate of drug-likeness (QED) is 0.909. The zero-order chi connectivity index (χ0) is 15.7. The van der Waals surface area contributed by atoms with E-state index < -0.39 is 10.0 Å². The molecule has 2 heterocycles. The molecule has 1 saturated heterocycles.